The summed E-state index contributed by atoms with van der Waals surface area (Å²) in [6, 6.07) is -0.607. The Hall–Kier alpha value is -1.70. The molecule has 0 aliphatic carbocycles. The summed E-state index contributed by atoms with van der Waals surface area (Å²) in [5.74, 6) is 2.15. The number of nitrogens with zero attached hydrogens (tertiary/aromatic N) is 1. The Bertz CT molecular complexity index is 391. The quantitative estimate of drug-likeness (QED) is 0.537. The molecule has 1 fully saturated rings. The molecule has 0 saturated carbocycles. The number of amides is 1. The van der Waals surface area contributed by atoms with Gasteiger partial charge in [0.25, 0.3) is 0 Å². The lowest BCUT2D eigenvalue weighted by Crippen LogP contribution is -2.52. The van der Waals surface area contributed by atoms with Gasteiger partial charge in [-0.25, -0.2) is 9.59 Å². The summed E-state index contributed by atoms with van der Waals surface area (Å²) in [5, 5.41) is 0. The molecule has 1 aliphatic rings. The van der Waals surface area contributed by atoms with Crippen molar-refractivity contribution in [2.24, 2.45) is 5.92 Å². The van der Waals surface area contributed by atoms with E-state index in [1.165, 1.54) is 12.0 Å². The molecule has 1 aliphatic heterocycles. The van der Waals surface area contributed by atoms with Gasteiger partial charge in [0, 0.05) is 12.5 Å². The van der Waals surface area contributed by atoms with Crippen LogP contribution in [0.5, 0.6) is 0 Å². The van der Waals surface area contributed by atoms with E-state index in [0.29, 0.717) is 19.4 Å². The van der Waals surface area contributed by atoms with Crippen LogP contribution in [0.1, 0.15) is 33.6 Å². The summed E-state index contributed by atoms with van der Waals surface area (Å²) >= 11 is 0. The molecule has 0 aromatic carbocycles. The maximum Gasteiger partial charge on any atom is 0.411 e. The summed E-state index contributed by atoms with van der Waals surface area (Å²) < 4.78 is 10.0. The number of rotatable bonds is 1. The molecule has 0 bridgehead atoms. The normalized spacial score (nSPS) is 23.4. The minimum atomic E-state index is -0.610. The average Bonchev–Trinajstić information content (AvgIpc) is 2.35. The SMILES string of the molecule is C#C[C@H]1CC[C@@H](C(=O)OC)N(C(=O)OC(C)(C)C)C1. The maximum absolute atomic E-state index is 12.1. The number of carbonyl (C=O) groups excluding carboxylic acids is 2. The van der Waals surface area contributed by atoms with Crippen LogP contribution < -0.4 is 0 Å². The topological polar surface area (TPSA) is 55.8 Å². The van der Waals surface area contributed by atoms with E-state index in [4.69, 9.17) is 15.9 Å². The Labute approximate surface area is 114 Å². The highest BCUT2D eigenvalue weighted by Crippen LogP contribution is 2.24. The van der Waals surface area contributed by atoms with E-state index in [1.807, 2.05) is 0 Å². The molecule has 1 amide bonds. The Balaban J connectivity index is 2.85. The van der Waals surface area contributed by atoms with E-state index >= 15 is 0 Å². The lowest BCUT2D eigenvalue weighted by molar-refractivity contribution is -0.148. The van der Waals surface area contributed by atoms with Gasteiger partial charge in [0.15, 0.2) is 0 Å². The van der Waals surface area contributed by atoms with Crippen LogP contribution in [0.25, 0.3) is 0 Å². The number of likely N-dealkylation sites (tertiary alicyclic amines) is 1. The number of terminal acetylenes is 1. The van der Waals surface area contributed by atoms with Gasteiger partial charge in [0.1, 0.15) is 11.6 Å². The highest BCUT2D eigenvalue weighted by Gasteiger charge is 2.38. The fourth-order valence-electron chi connectivity index (χ4n) is 2.01. The van der Waals surface area contributed by atoms with Gasteiger partial charge >= 0.3 is 12.1 Å². The first-order chi connectivity index (χ1) is 8.78. The molecular formula is C14H21NO4. The summed E-state index contributed by atoms with van der Waals surface area (Å²) in [5.41, 5.74) is -0.610. The molecule has 2 atom stereocenters. The second-order valence-electron chi connectivity index (χ2n) is 5.61. The van der Waals surface area contributed by atoms with Crippen molar-refractivity contribution in [3.8, 4) is 12.3 Å². The predicted octanol–water partition coefficient (Wildman–Crippen LogP) is 1.81. The molecule has 1 rings (SSSR count). The van der Waals surface area contributed by atoms with Gasteiger partial charge in [-0.1, -0.05) is 0 Å². The number of methoxy groups -OCH3 is 1. The third kappa shape index (κ3) is 4.16. The van der Waals surface area contributed by atoms with Crippen molar-refractivity contribution in [2.45, 2.75) is 45.3 Å². The molecule has 5 heteroatoms. The number of hydrogen-bond acceptors (Lipinski definition) is 4. The van der Waals surface area contributed by atoms with Gasteiger partial charge < -0.3 is 9.47 Å². The van der Waals surface area contributed by atoms with Gasteiger partial charge in [0.2, 0.25) is 0 Å². The number of piperidine rings is 1. The summed E-state index contributed by atoms with van der Waals surface area (Å²) in [4.78, 5) is 25.2. The third-order valence-corrected chi connectivity index (χ3v) is 2.92. The molecule has 0 unspecified atom stereocenters. The zero-order valence-electron chi connectivity index (χ0n) is 11.9. The molecule has 0 aromatic rings. The average molecular weight is 267 g/mol. The molecule has 19 heavy (non-hydrogen) atoms. The van der Waals surface area contributed by atoms with Crippen molar-refractivity contribution in [3.05, 3.63) is 0 Å². The number of esters is 1. The zero-order valence-corrected chi connectivity index (χ0v) is 11.9. The fraction of sp³-hybridized carbons (Fsp3) is 0.714. The van der Waals surface area contributed by atoms with Crippen LogP contribution in [-0.2, 0) is 14.3 Å². The van der Waals surface area contributed by atoms with E-state index in [-0.39, 0.29) is 5.92 Å². The van der Waals surface area contributed by atoms with Crippen molar-refractivity contribution < 1.29 is 19.1 Å². The van der Waals surface area contributed by atoms with Gasteiger partial charge in [0.05, 0.1) is 7.11 Å². The largest absolute Gasteiger partial charge is 0.467 e. The number of hydrogen-bond donors (Lipinski definition) is 0. The zero-order chi connectivity index (χ0) is 14.6. The van der Waals surface area contributed by atoms with Crippen LogP contribution in [0, 0.1) is 18.3 Å². The van der Waals surface area contributed by atoms with Crippen molar-refractivity contribution in [1.29, 1.82) is 0 Å². The molecule has 0 aromatic heterocycles. The van der Waals surface area contributed by atoms with E-state index in [2.05, 4.69) is 5.92 Å². The lowest BCUT2D eigenvalue weighted by Gasteiger charge is -2.37. The maximum atomic E-state index is 12.1. The fourth-order valence-corrected chi connectivity index (χ4v) is 2.01. The van der Waals surface area contributed by atoms with Crippen molar-refractivity contribution in [1.82, 2.24) is 4.90 Å². The van der Waals surface area contributed by atoms with Crippen molar-refractivity contribution in [2.75, 3.05) is 13.7 Å². The molecule has 5 nitrogen and oxygen atoms in total. The highest BCUT2D eigenvalue weighted by molar-refractivity contribution is 5.81. The Morgan fingerprint density at radius 1 is 1.32 bits per heavy atom. The highest BCUT2D eigenvalue weighted by atomic mass is 16.6. The molecule has 106 valence electrons. The molecule has 1 saturated heterocycles. The molecule has 0 radical (unpaired) electrons. The van der Waals surface area contributed by atoms with Crippen molar-refractivity contribution in [3.63, 3.8) is 0 Å². The van der Waals surface area contributed by atoms with Gasteiger partial charge in [-0.3, -0.25) is 4.90 Å². The molecule has 0 N–H and O–H groups in total. The standard InChI is InChI=1S/C14H21NO4/c1-6-10-7-8-11(12(16)18-5)15(9-10)13(17)19-14(2,3)4/h1,10-11H,7-9H2,2-5H3/t10-,11-/m0/s1. The monoisotopic (exact) mass is 267 g/mol. The minimum Gasteiger partial charge on any atom is -0.467 e. The van der Waals surface area contributed by atoms with Crippen LogP contribution in [-0.4, -0.2) is 42.3 Å². The Morgan fingerprint density at radius 3 is 2.42 bits per heavy atom. The van der Waals surface area contributed by atoms with E-state index in [9.17, 15) is 9.59 Å². The van der Waals surface area contributed by atoms with Crippen LogP contribution in [0.3, 0.4) is 0 Å². The first-order valence-electron chi connectivity index (χ1n) is 6.32. The van der Waals surface area contributed by atoms with Crippen LogP contribution >= 0.6 is 0 Å². The van der Waals surface area contributed by atoms with E-state index in [0.717, 1.165) is 0 Å². The van der Waals surface area contributed by atoms with E-state index in [1.54, 1.807) is 20.8 Å². The first kappa shape index (κ1) is 15.4. The summed E-state index contributed by atoms with van der Waals surface area (Å²) in [6.07, 6.45) is 6.08. The number of ether oxygens (including phenoxy) is 2. The van der Waals surface area contributed by atoms with Crippen LogP contribution in [0.2, 0.25) is 0 Å². The Kier molecular flexibility index (Phi) is 4.82. The lowest BCUT2D eigenvalue weighted by atomic mass is 9.93. The van der Waals surface area contributed by atoms with Crippen LogP contribution in [0.4, 0.5) is 4.79 Å². The van der Waals surface area contributed by atoms with Crippen molar-refractivity contribution >= 4 is 12.1 Å². The molecular weight excluding hydrogens is 246 g/mol. The smallest absolute Gasteiger partial charge is 0.411 e. The summed E-state index contributed by atoms with van der Waals surface area (Å²) in [6.45, 7) is 5.66. The second kappa shape index (κ2) is 5.96. The Morgan fingerprint density at radius 2 is 1.95 bits per heavy atom. The summed E-state index contributed by atoms with van der Waals surface area (Å²) in [7, 11) is 1.31. The minimum absolute atomic E-state index is 0.0478. The molecule has 0 spiro atoms. The van der Waals surface area contributed by atoms with Gasteiger partial charge in [-0.15, -0.1) is 12.3 Å². The number of carbonyl (C=O) groups is 2. The first-order valence-corrected chi connectivity index (χ1v) is 6.32. The van der Waals surface area contributed by atoms with Crippen LogP contribution in [0.15, 0.2) is 0 Å². The third-order valence-electron chi connectivity index (χ3n) is 2.92. The van der Waals surface area contributed by atoms with Gasteiger partial charge in [-0.05, 0) is 33.6 Å². The second-order valence-corrected chi connectivity index (χ2v) is 5.61. The van der Waals surface area contributed by atoms with E-state index < -0.39 is 23.7 Å². The molecule has 1 heterocycles. The predicted molar refractivity (Wildman–Crippen MR) is 70.3 cm³/mol. The van der Waals surface area contributed by atoms with Gasteiger partial charge in [-0.2, -0.15) is 0 Å².